The Bertz CT molecular complexity index is 952. The van der Waals surface area contributed by atoms with Crippen LogP contribution in [0, 0.1) is 5.82 Å². The lowest BCUT2D eigenvalue weighted by atomic mass is 9.74. The maximum absolute atomic E-state index is 14.3. The summed E-state index contributed by atoms with van der Waals surface area (Å²) in [6.45, 7) is 6.47. The Labute approximate surface area is 193 Å². The SMILES string of the molecule is CCOC(=O)N1CCC(N2CCC3(CC2)CN(C(=O)C2=CCNO2)c2ccc(F)cc23)CC1. The zero-order valence-electron chi connectivity index (χ0n) is 19.0. The molecule has 178 valence electrons. The normalized spacial score (nSPS) is 22.8. The Hall–Kier alpha value is -2.65. The Balaban J connectivity index is 1.27. The lowest BCUT2D eigenvalue weighted by Crippen LogP contribution is -2.52. The molecule has 5 rings (SSSR count). The van der Waals surface area contributed by atoms with Crippen molar-refractivity contribution in [3.8, 4) is 0 Å². The summed E-state index contributed by atoms with van der Waals surface area (Å²) >= 11 is 0. The van der Waals surface area contributed by atoms with Crippen molar-refractivity contribution in [2.45, 2.75) is 44.1 Å². The van der Waals surface area contributed by atoms with Gasteiger partial charge in [0.2, 0.25) is 5.76 Å². The molecule has 0 radical (unpaired) electrons. The number of benzene rings is 1. The molecule has 0 bridgehead atoms. The summed E-state index contributed by atoms with van der Waals surface area (Å²) in [5, 5.41) is 0. The summed E-state index contributed by atoms with van der Waals surface area (Å²) in [4.78, 5) is 36.4. The Morgan fingerprint density at radius 2 is 1.97 bits per heavy atom. The van der Waals surface area contributed by atoms with Gasteiger partial charge in [0.15, 0.2) is 0 Å². The lowest BCUT2D eigenvalue weighted by Gasteiger charge is -2.45. The average molecular weight is 459 g/mol. The van der Waals surface area contributed by atoms with Gasteiger partial charge in [-0.3, -0.25) is 4.79 Å². The predicted octanol–water partition coefficient (Wildman–Crippen LogP) is 2.55. The first-order valence-electron chi connectivity index (χ1n) is 11.9. The minimum Gasteiger partial charge on any atom is -0.450 e. The van der Waals surface area contributed by atoms with E-state index < -0.39 is 0 Å². The van der Waals surface area contributed by atoms with Crippen LogP contribution in [-0.2, 0) is 19.8 Å². The van der Waals surface area contributed by atoms with Crippen molar-refractivity contribution < 1.29 is 23.6 Å². The summed E-state index contributed by atoms with van der Waals surface area (Å²) in [5.74, 6) is -0.152. The third-order valence-electron chi connectivity index (χ3n) is 7.55. The molecule has 1 aromatic rings. The summed E-state index contributed by atoms with van der Waals surface area (Å²) in [7, 11) is 0. The van der Waals surface area contributed by atoms with Gasteiger partial charge in [0.25, 0.3) is 5.91 Å². The van der Waals surface area contributed by atoms with E-state index in [0.717, 1.165) is 50.0 Å². The van der Waals surface area contributed by atoms with Crippen LogP contribution in [0.2, 0.25) is 0 Å². The maximum Gasteiger partial charge on any atom is 0.409 e. The molecule has 0 saturated carbocycles. The van der Waals surface area contributed by atoms with E-state index in [1.54, 1.807) is 28.0 Å². The minimum absolute atomic E-state index is 0.182. The fourth-order valence-electron chi connectivity index (χ4n) is 5.76. The number of ether oxygens (including phenoxy) is 1. The van der Waals surface area contributed by atoms with E-state index in [1.165, 1.54) is 6.07 Å². The van der Waals surface area contributed by atoms with Crippen LogP contribution in [0.5, 0.6) is 0 Å². The molecule has 4 aliphatic heterocycles. The summed E-state index contributed by atoms with van der Waals surface area (Å²) in [6.07, 6.45) is 5.11. The summed E-state index contributed by atoms with van der Waals surface area (Å²) < 4.78 is 19.4. The van der Waals surface area contributed by atoms with Gasteiger partial charge in [-0.1, -0.05) is 0 Å². The molecule has 8 nitrogen and oxygen atoms in total. The topological polar surface area (TPSA) is 74.4 Å². The average Bonchev–Trinajstić information content (AvgIpc) is 3.47. The number of nitrogens with zero attached hydrogens (tertiary/aromatic N) is 3. The Morgan fingerprint density at radius 1 is 1.21 bits per heavy atom. The van der Waals surface area contributed by atoms with Gasteiger partial charge in [0, 0.05) is 36.8 Å². The van der Waals surface area contributed by atoms with Crippen LogP contribution in [0.25, 0.3) is 0 Å². The molecule has 1 N–H and O–H groups in total. The van der Waals surface area contributed by atoms with Crippen molar-refractivity contribution in [3.63, 3.8) is 0 Å². The highest BCUT2D eigenvalue weighted by atomic mass is 19.1. The second-order valence-electron chi connectivity index (χ2n) is 9.31. The van der Waals surface area contributed by atoms with E-state index in [9.17, 15) is 14.0 Å². The molecule has 1 spiro atoms. The van der Waals surface area contributed by atoms with Crippen LogP contribution in [0.3, 0.4) is 0 Å². The van der Waals surface area contributed by atoms with Crippen LogP contribution in [0.4, 0.5) is 14.9 Å². The minimum atomic E-state index is -0.269. The molecule has 0 atom stereocenters. The van der Waals surface area contributed by atoms with Crippen molar-refractivity contribution in [1.82, 2.24) is 15.3 Å². The second-order valence-corrected chi connectivity index (χ2v) is 9.31. The van der Waals surface area contributed by atoms with Gasteiger partial charge >= 0.3 is 6.09 Å². The number of likely N-dealkylation sites (tertiary alicyclic amines) is 2. The van der Waals surface area contributed by atoms with Crippen LogP contribution in [-0.4, -0.2) is 73.7 Å². The molecule has 2 amide bonds. The lowest BCUT2D eigenvalue weighted by molar-refractivity contribution is -0.119. The van der Waals surface area contributed by atoms with Crippen molar-refractivity contribution in [1.29, 1.82) is 0 Å². The highest BCUT2D eigenvalue weighted by Crippen LogP contribution is 2.48. The predicted molar refractivity (Wildman–Crippen MR) is 120 cm³/mol. The number of piperidine rings is 2. The van der Waals surface area contributed by atoms with Gasteiger partial charge in [0.05, 0.1) is 13.2 Å². The molecular weight excluding hydrogens is 427 g/mol. The van der Waals surface area contributed by atoms with Crippen LogP contribution in [0.15, 0.2) is 30.0 Å². The highest BCUT2D eigenvalue weighted by molar-refractivity contribution is 6.06. The largest absolute Gasteiger partial charge is 0.450 e. The number of carbonyl (C=O) groups excluding carboxylic acids is 2. The van der Waals surface area contributed by atoms with Crippen molar-refractivity contribution in [2.24, 2.45) is 0 Å². The Morgan fingerprint density at radius 3 is 2.64 bits per heavy atom. The second kappa shape index (κ2) is 8.95. The molecule has 0 aromatic heterocycles. The van der Waals surface area contributed by atoms with Gasteiger partial charge in [-0.25, -0.2) is 9.18 Å². The van der Waals surface area contributed by atoms with Crippen LogP contribution < -0.4 is 10.4 Å². The molecular formula is C24H31FN4O4. The number of hydroxylamine groups is 1. The van der Waals surface area contributed by atoms with Gasteiger partial charge in [0.1, 0.15) is 5.82 Å². The Kier molecular flexibility index (Phi) is 6.01. The van der Waals surface area contributed by atoms with E-state index in [0.29, 0.717) is 44.6 Å². The first-order chi connectivity index (χ1) is 16.0. The third-order valence-corrected chi connectivity index (χ3v) is 7.55. The molecule has 0 aliphatic carbocycles. The van der Waals surface area contributed by atoms with E-state index in [4.69, 9.17) is 9.57 Å². The van der Waals surface area contributed by atoms with Crippen molar-refractivity contribution in [3.05, 3.63) is 41.4 Å². The number of carbonyl (C=O) groups is 2. The molecule has 9 heteroatoms. The van der Waals surface area contributed by atoms with E-state index in [-0.39, 0.29) is 23.2 Å². The number of nitrogens with one attached hydrogen (secondary N) is 1. The monoisotopic (exact) mass is 458 g/mol. The molecule has 4 aliphatic rings. The van der Waals surface area contributed by atoms with Crippen LogP contribution >= 0.6 is 0 Å². The molecule has 4 heterocycles. The zero-order valence-corrected chi connectivity index (χ0v) is 19.0. The number of fused-ring (bicyclic) bond motifs is 2. The van der Waals surface area contributed by atoms with Gasteiger partial charge in [-0.2, -0.15) is 5.48 Å². The molecule has 33 heavy (non-hydrogen) atoms. The summed E-state index contributed by atoms with van der Waals surface area (Å²) in [6, 6.07) is 5.19. The number of hydrogen-bond acceptors (Lipinski definition) is 6. The highest BCUT2D eigenvalue weighted by Gasteiger charge is 2.48. The number of rotatable bonds is 3. The third kappa shape index (κ3) is 4.08. The quantitative estimate of drug-likeness (QED) is 0.751. The van der Waals surface area contributed by atoms with Gasteiger partial charge in [-0.15, -0.1) is 0 Å². The van der Waals surface area contributed by atoms with Crippen LogP contribution in [0.1, 0.15) is 38.2 Å². The first kappa shape index (κ1) is 22.2. The number of amides is 2. The number of hydrogen-bond donors (Lipinski definition) is 1. The van der Waals surface area contributed by atoms with E-state index in [1.807, 2.05) is 6.92 Å². The molecule has 2 saturated heterocycles. The molecule has 2 fully saturated rings. The summed E-state index contributed by atoms with van der Waals surface area (Å²) in [5.41, 5.74) is 4.17. The van der Waals surface area contributed by atoms with E-state index >= 15 is 0 Å². The number of halogens is 1. The standard InChI is InChI=1S/C24H31FN4O4/c1-2-32-23(31)28-11-6-18(7-12-28)27-13-8-24(9-14-27)16-29(22(30)21-5-10-26-33-21)20-4-3-17(25)15-19(20)24/h3-5,15,18,26H,2,6-14,16H2,1H3. The van der Waals surface area contributed by atoms with Crippen molar-refractivity contribution >= 4 is 17.7 Å². The fourth-order valence-corrected chi connectivity index (χ4v) is 5.76. The van der Waals surface area contributed by atoms with Gasteiger partial charge in [-0.05, 0) is 75.5 Å². The maximum atomic E-state index is 14.3. The molecule has 0 unspecified atom stereocenters. The molecule has 1 aromatic carbocycles. The smallest absolute Gasteiger partial charge is 0.409 e. The van der Waals surface area contributed by atoms with Crippen molar-refractivity contribution in [2.75, 3.05) is 50.8 Å². The van der Waals surface area contributed by atoms with Gasteiger partial charge < -0.3 is 24.3 Å². The fraction of sp³-hybridized carbons (Fsp3) is 0.583. The first-order valence-corrected chi connectivity index (χ1v) is 11.9. The zero-order chi connectivity index (χ0) is 23.0. The van der Waals surface area contributed by atoms with E-state index in [2.05, 4.69) is 10.4 Å². The number of anilines is 1.